The summed E-state index contributed by atoms with van der Waals surface area (Å²) in [6, 6.07) is 7.85. The highest BCUT2D eigenvalue weighted by Crippen LogP contribution is 2.26. The third-order valence-corrected chi connectivity index (χ3v) is 3.75. The lowest BCUT2D eigenvalue weighted by Crippen LogP contribution is -2.05. The second kappa shape index (κ2) is 5.10. The largest absolute Gasteiger partial charge is 0.388 e. The van der Waals surface area contributed by atoms with Gasteiger partial charge >= 0.3 is 0 Å². The molecule has 19 heavy (non-hydrogen) atoms. The molecular formula is C16H16FNO. The molecule has 98 valence electrons. The molecule has 2 nitrogen and oxygen atoms in total. The summed E-state index contributed by atoms with van der Waals surface area (Å²) in [6.07, 6.45) is 5.74. The van der Waals surface area contributed by atoms with Crippen LogP contribution in [0.4, 0.5) is 4.39 Å². The maximum atomic E-state index is 13.5. The number of benzene rings is 1. The molecule has 1 unspecified atom stereocenters. The van der Waals surface area contributed by atoms with Crippen molar-refractivity contribution in [2.45, 2.75) is 31.8 Å². The van der Waals surface area contributed by atoms with Crippen molar-refractivity contribution in [1.29, 1.82) is 0 Å². The molecule has 1 heterocycles. The van der Waals surface area contributed by atoms with E-state index in [2.05, 4.69) is 17.1 Å². The normalized spacial score (nSPS) is 15.3. The first-order valence-electron chi connectivity index (χ1n) is 6.62. The van der Waals surface area contributed by atoms with E-state index in [4.69, 9.17) is 0 Å². The molecule has 1 aromatic carbocycles. The molecule has 0 amide bonds. The van der Waals surface area contributed by atoms with Gasteiger partial charge in [0.05, 0.1) is 12.3 Å². The van der Waals surface area contributed by atoms with E-state index in [0.29, 0.717) is 12.0 Å². The van der Waals surface area contributed by atoms with Crippen molar-refractivity contribution in [2.24, 2.45) is 0 Å². The molecule has 1 N–H and O–H groups in total. The van der Waals surface area contributed by atoms with E-state index in [0.717, 1.165) is 24.6 Å². The van der Waals surface area contributed by atoms with Crippen LogP contribution in [-0.4, -0.2) is 10.1 Å². The average Bonchev–Trinajstić information content (AvgIpc) is 2.86. The Morgan fingerprint density at radius 1 is 1.21 bits per heavy atom. The Morgan fingerprint density at radius 3 is 2.89 bits per heavy atom. The monoisotopic (exact) mass is 257 g/mol. The summed E-state index contributed by atoms with van der Waals surface area (Å²) in [6.45, 7) is 0. The number of aryl methyl sites for hydroxylation is 2. The van der Waals surface area contributed by atoms with Gasteiger partial charge in [0.25, 0.3) is 0 Å². The van der Waals surface area contributed by atoms with Crippen molar-refractivity contribution < 1.29 is 9.50 Å². The molecule has 0 saturated carbocycles. The molecule has 1 aromatic heterocycles. The molecule has 1 aliphatic carbocycles. The molecule has 3 heteroatoms. The van der Waals surface area contributed by atoms with Crippen molar-refractivity contribution >= 4 is 0 Å². The maximum absolute atomic E-state index is 13.5. The smallest absolute Gasteiger partial charge is 0.147 e. The summed E-state index contributed by atoms with van der Waals surface area (Å²) in [4.78, 5) is 3.70. The lowest BCUT2D eigenvalue weighted by molar-refractivity contribution is 0.173. The first-order chi connectivity index (χ1) is 9.24. The number of aromatic nitrogens is 1. The van der Waals surface area contributed by atoms with Gasteiger partial charge in [0.2, 0.25) is 0 Å². The van der Waals surface area contributed by atoms with Crippen molar-refractivity contribution in [3.05, 3.63) is 64.7 Å². The SMILES string of the molecule is OC(Cc1ccc2c(c1)CCC2)c1ccncc1F. The van der Waals surface area contributed by atoms with Crippen LogP contribution in [0.5, 0.6) is 0 Å². The number of pyridine rings is 1. The van der Waals surface area contributed by atoms with E-state index >= 15 is 0 Å². The van der Waals surface area contributed by atoms with E-state index in [1.807, 2.05) is 6.07 Å². The molecule has 3 rings (SSSR count). The number of hydrogen-bond acceptors (Lipinski definition) is 2. The minimum Gasteiger partial charge on any atom is -0.388 e. The molecule has 1 aliphatic rings. The van der Waals surface area contributed by atoms with Crippen LogP contribution >= 0.6 is 0 Å². The zero-order valence-corrected chi connectivity index (χ0v) is 10.6. The van der Waals surface area contributed by atoms with E-state index in [1.54, 1.807) is 0 Å². The van der Waals surface area contributed by atoms with Crippen LogP contribution in [-0.2, 0) is 19.3 Å². The molecular weight excluding hydrogens is 241 g/mol. The summed E-state index contributed by atoms with van der Waals surface area (Å²) in [5, 5.41) is 10.1. The Balaban J connectivity index is 1.80. The summed E-state index contributed by atoms with van der Waals surface area (Å²) in [5.41, 5.74) is 4.16. The molecule has 0 radical (unpaired) electrons. The van der Waals surface area contributed by atoms with E-state index < -0.39 is 11.9 Å². The maximum Gasteiger partial charge on any atom is 0.147 e. The van der Waals surface area contributed by atoms with Crippen LogP contribution in [0.3, 0.4) is 0 Å². The van der Waals surface area contributed by atoms with Crippen molar-refractivity contribution in [2.75, 3.05) is 0 Å². The van der Waals surface area contributed by atoms with Crippen molar-refractivity contribution in [1.82, 2.24) is 4.98 Å². The number of halogens is 1. The highest BCUT2D eigenvalue weighted by atomic mass is 19.1. The predicted molar refractivity (Wildman–Crippen MR) is 71.3 cm³/mol. The van der Waals surface area contributed by atoms with Crippen LogP contribution in [0.25, 0.3) is 0 Å². The minimum atomic E-state index is -0.817. The highest BCUT2D eigenvalue weighted by Gasteiger charge is 2.15. The van der Waals surface area contributed by atoms with Gasteiger partial charge in [-0.15, -0.1) is 0 Å². The average molecular weight is 257 g/mol. The summed E-state index contributed by atoms with van der Waals surface area (Å²) in [5.74, 6) is -0.448. The van der Waals surface area contributed by atoms with E-state index in [1.165, 1.54) is 29.8 Å². The third kappa shape index (κ3) is 2.51. The second-order valence-corrected chi connectivity index (χ2v) is 5.07. The number of aliphatic hydroxyl groups excluding tert-OH is 1. The summed E-state index contributed by atoms with van der Waals surface area (Å²) in [7, 11) is 0. The Morgan fingerprint density at radius 2 is 2.05 bits per heavy atom. The van der Waals surface area contributed by atoms with Crippen LogP contribution in [0.2, 0.25) is 0 Å². The molecule has 0 aliphatic heterocycles. The standard InChI is InChI=1S/C16H16FNO/c17-15-10-18-7-6-14(15)16(19)9-11-4-5-12-2-1-3-13(12)8-11/h4-8,10,16,19H,1-3,9H2. The van der Waals surface area contributed by atoms with Gasteiger partial charge in [0.15, 0.2) is 0 Å². The number of aliphatic hydroxyl groups is 1. The summed E-state index contributed by atoms with van der Waals surface area (Å²) >= 11 is 0. The fourth-order valence-corrected chi connectivity index (χ4v) is 2.74. The first kappa shape index (κ1) is 12.3. The third-order valence-electron chi connectivity index (χ3n) is 3.75. The quantitative estimate of drug-likeness (QED) is 0.917. The minimum absolute atomic E-state index is 0.315. The topological polar surface area (TPSA) is 33.1 Å². The Hall–Kier alpha value is -1.74. The predicted octanol–water partition coefficient (Wildman–Crippen LogP) is 2.99. The molecule has 0 fully saturated rings. The fourth-order valence-electron chi connectivity index (χ4n) is 2.74. The number of nitrogens with zero attached hydrogens (tertiary/aromatic N) is 1. The molecule has 1 atom stereocenters. The van der Waals surface area contributed by atoms with Crippen LogP contribution in [0, 0.1) is 5.82 Å². The fraction of sp³-hybridized carbons (Fsp3) is 0.312. The second-order valence-electron chi connectivity index (χ2n) is 5.07. The summed E-state index contributed by atoms with van der Waals surface area (Å²) < 4.78 is 13.5. The van der Waals surface area contributed by atoms with Gasteiger partial charge in [0, 0.05) is 18.2 Å². The molecule has 0 spiro atoms. The molecule has 0 saturated heterocycles. The van der Waals surface area contributed by atoms with Gasteiger partial charge in [-0.2, -0.15) is 0 Å². The van der Waals surface area contributed by atoms with Gasteiger partial charge in [-0.25, -0.2) is 4.39 Å². The zero-order chi connectivity index (χ0) is 13.2. The van der Waals surface area contributed by atoms with Gasteiger partial charge in [-0.3, -0.25) is 4.98 Å². The zero-order valence-electron chi connectivity index (χ0n) is 10.6. The van der Waals surface area contributed by atoms with Crippen molar-refractivity contribution in [3.63, 3.8) is 0 Å². The Bertz CT molecular complexity index is 597. The molecule has 0 bridgehead atoms. The van der Waals surface area contributed by atoms with Crippen LogP contribution < -0.4 is 0 Å². The van der Waals surface area contributed by atoms with E-state index in [9.17, 15) is 9.50 Å². The number of hydrogen-bond donors (Lipinski definition) is 1. The number of fused-ring (bicyclic) bond motifs is 1. The van der Waals surface area contributed by atoms with Crippen LogP contribution in [0.1, 0.15) is 34.8 Å². The van der Waals surface area contributed by atoms with Crippen molar-refractivity contribution in [3.8, 4) is 0 Å². The first-order valence-corrected chi connectivity index (χ1v) is 6.62. The molecule has 2 aromatic rings. The van der Waals surface area contributed by atoms with Gasteiger partial charge in [-0.1, -0.05) is 18.2 Å². The van der Waals surface area contributed by atoms with E-state index in [-0.39, 0.29) is 0 Å². The highest BCUT2D eigenvalue weighted by molar-refractivity contribution is 5.36. The van der Waals surface area contributed by atoms with Gasteiger partial charge < -0.3 is 5.11 Å². The lowest BCUT2D eigenvalue weighted by Gasteiger charge is -2.12. The number of rotatable bonds is 3. The van der Waals surface area contributed by atoms with Crippen LogP contribution in [0.15, 0.2) is 36.7 Å². The lowest BCUT2D eigenvalue weighted by atomic mass is 9.99. The Kier molecular flexibility index (Phi) is 3.30. The Labute approximate surface area is 111 Å². The van der Waals surface area contributed by atoms with Gasteiger partial charge in [0.1, 0.15) is 5.82 Å². The van der Waals surface area contributed by atoms with Gasteiger partial charge in [-0.05, 0) is 42.0 Å².